The summed E-state index contributed by atoms with van der Waals surface area (Å²) in [5.74, 6) is 0.908. The maximum atomic E-state index is 4.66. The van der Waals surface area contributed by atoms with Crippen LogP contribution in [0.1, 0.15) is 0 Å². The van der Waals surface area contributed by atoms with Gasteiger partial charge in [-0.25, -0.2) is 4.98 Å². The number of fused-ring (bicyclic) bond motifs is 3. The van der Waals surface area contributed by atoms with Crippen LogP contribution in [0.5, 0.6) is 0 Å². The molecule has 0 spiro atoms. The van der Waals surface area contributed by atoms with Crippen LogP contribution in [0.25, 0.3) is 27.6 Å². The molecule has 6 heteroatoms. The van der Waals surface area contributed by atoms with Gasteiger partial charge in [-0.15, -0.1) is 11.5 Å². The number of aromatic nitrogens is 2. The molecule has 3 aromatic carbocycles. The van der Waals surface area contributed by atoms with Crippen molar-refractivity contribution >= 4 is 51.9 Å². The summed E-state index contributed by atoms with van der Waals surface area (Å²) in [5.41, 5.74) is 3.22. The zero-order valence-corrected chi connectivity index (χ0v) is 23.0. The molecule has 0 unspecified atom stereocenters. The van der Waals surface area contributed by atoms with E-state index in [4.69, 9.17) is 0 Å². The summed E-state index contributed by atoms with van der Waals surface area (Å²) in [4.78, 5) is 4.66. The first-order chi connectivity index (χ1) is 16.5. The fraction of sp³-hybridized carbons (Fsp3) is 0.103. The average Bonchev–Trinajstić information content (AvgIpc) is 3.45. The Morgan fingerprint density at radius 3 is 2.40 bits per heavy atom. The minimum absolute atomic E-state index is 0. The molecule has 4 nitrogen and oxygen atoms in total. The quantitative estimate of drug-likeness (QED) is 0.159. The molecule has 0 saturated carbocycles. The summed E-state index contributed by atoms with van der Waals surface area (Å²) < 4.78 is 6.13. The summed E-state index contributed by atoms with van der Waals surface area (Å²) >= 11 is 0. The third kappa shape index (κ3) is 3.96. The normalized spacial score (nSPS) is 13.1. The number of hydrogen-bond acceptors (Lipinski definition) is 1. The summed E-state index contributed by atoms with van der Waals surface area (Å²) in [5, 5.41) is 4.90. The molecule has 1 aliphatic rings. The topological polar surface area (TPSA) is 23.8 Å². The SMILES string of the molecule is C[N+]1=C=[N+](c2[c-]c([Si](C)(C)c3[c-]c4c(cc3)c3ccccc3n4-c3ccccn3)ccc2)C=C1.[Pt+2]. The van der Waals surface area contributed by atoms with Crippen molar-refractivity contribution in [3.05, 3.63) is 104 Å². The smallest absolute Gasteiger partial charge is 0.319 e. The molecule has 6 rings (SSSR count). The standard InChI is InChI=1S/C29H24N4Si.Pt/c1-31-17-18-32(21-31)22-9-8-10-23(19-22)34(2,3)24-14-15-26-25-11-4-5-12-27(25)33(28(26)20-24)29-13-6-7-16-30-29;/h4-18H,1-3H3;/q;+2. The Labute approximate surface area is 220 Å². The van der Waals surface area contributed by atoms with E-state index in [2.05, 4.69) is 101 Å². The Balaban J connectivity index is 0.00000253. The fourth-order valence-electron chi connectivity index (χ4n) is 4.63. The van der Waals surface area contributed by atoms with Gasteiger partial charge in [0.1, 0.15) is 11.5 Å². The second-order valence-corrected chi connectivity index (χ2v) is 13.5. The van der Waals surface area contributed by atoms with Crippen LogP contribution in [0.4, 0.5) is 5.69 Å². The zero-order valence-electron chi connectivity index (χ0n) is 19.8. The Morgan fingerprint density at radius 2 is 1.63 bits per heavy atom. The van der Waals surface area contributed by atoms with Gasteiger partial charge >= 0.3 is 27.1 Å². The van der Waals surface area contributed by atoms with Crippen LogP contribution in [-0.4, -0.2) is 39.8 Å². The third-order valence-electron chi connectivity index (χ3n) is 6.55. The first kappa shape index (κ1) is 23.4. The molecule has 0 radical (unpaired) electrons. The van der Waals surface area contributed by atoms with E-state index >= 15 is 0 Å². The molecule has 0 aliphatic carbocycles. The van der Waals surface area contributed by atoms with Crippen molar-refractivity contribution in [3.63, 3.8) is 0 Å². The second kappa shape index (κ2) is 9.01. The maximum Gasteiger partial charge on any atom is 2.00 e. The minimum Gasteiger partial charge on any atom is -0.319 e. The number of para-hydroxylation sites is 1. The van der Waals surface area contributed by atoms with E-state index < -0.39 is 8.07 Å². The first-order valence-corrected chi connectivity index (χ1v) is 14.4. The molecule has 3 heterocycles. The van der Waals surface area contributed by atoms with Crippen molar-refractivity contribution in [2.24, 2.45) is 0 Å². The van der Waals surface area contributed by atoms with Crippen molar-refractivity contribution < 1.29 is 30.2 Å². The maximum absolute atomic E-state index is 4.66. The monoisotopic (exact) mass is 651 g/mol. The van der Waals surface area contributed by atoms with Gasteiger partial charge in [-0.3, -0.25) is 0 Å². The van der Waals surface area contributed by atoms with Crippen molar-refractivity contribution in [3.8, 4) is 5.82 Å². The van der Waals surface area contributed by atoms with Crippen molar-refractivity contribution in [1.82, 2.24) is 9.55 Å². The van der Waals surface area contributed by atoms with E-state index in [1.807, 2.05) is 46.9 Å². The van der Waals surface area contributed by atoms with Crippen LogP contribution in [0.3, 0.4) is 0 Å². The average molecular weight is 652 g/mol. The molecule has 1 aliphatic heterocycles. The van der Waals surface area contributed by atoms with Crippen LogP contribution in [-0.2, 0) is 21.1 Å². The molecule has 35 heavy (non-hydrogen) atoms. The molecule has 0 amide bonds. The molecule has 5 aromatic rings. The largest absolute Gasteiger partial charge is 2.00 e. The van der Waals surface area contributed by atoms with Gasteiger partial charge in [0.05, 0.1) is 8.07 Å². The van der Waals surface area contributed by atoms with E-state index in [-0.39, 0.29) is 21.1 Å². The molecular weight excluding hydrogens is 628 g/mol. The van der Waals surface area contributed by atoms with Crippen LogP contribution in [0.15, 0.2) is 91.4 Å². The Hall–Kier alpha value is -3.36. The first-order valence-electron chi connectivity index (χ1n) is 11.4. The Morgan fingerprint density at radius 1 is 0.829 bits per heavy atom. The predicted octanol–water partition coefficient (Wildman–Crippen LogP) is 4.54. The van der Waals surface area contributed by atoms with Crippen LogP contribution >= 0.6 is 0 Å². The van der Waals surface area contributed by atoms with Crippen LogP contribution < -0.4 is 10.4 Å². The van der Waals surface area contributed by atoms with Gasteiger partial charge in [-0.05, 0) is 23.6 Å². The van der Waals surface area contributed by atoms with E-state index in [1.54, 1.807) is 0 Å². The van der Waals surface area contributed by atoms with Gasteiger partial charge in [0.15, 0.2) is 7.05 Å². The van der Waals surface area contributed by atoms with Gasteiger partial charge < -0.3 is 4.57 Å². The number of pyridine rings is 1. The van der Waals surface area contributed by atoms with Gasteiger partial charge in [0.25, 0.3) is 6.20 Å². The van der Waals surface area contributed by atoms with Crippen molar-refractivity contribution in [1.29, 1.82) is 0 Å². The van der Waals surface area contributed by atoms with E-state index in [9.17, 15) is 0 Å². The van der Waals surface area contributed by atoms with E-state index in [1.165, 1.54) is 21.1 Å². The third-order valence-corrected chi connectivity index (χ3v) is 9.83. The molecule has 0 fully saturated rings. The molecule has 0 atom stereocenters. The summed E-state index contributed by atoms with van der Waals surface area (Å²) in [6, 6.07) is 36.2. The van der Waals surface area contributed by atoms with Gasteiger partial charge in [0, 0.05) is 11.7 Å². The number of nitrogens with zero attached hydrogens (tertiary/aromatic N) is 4. The number of rotatable bonds is 4. The van der Waals surface area contributed by atoms with Gasteiger partial charge in [-0.1, -0.05) is 58.1 Å². The van der Waals surface area contributed by atoms with Crippen molar-refractivity contribution in [2.75, 3.05) is 7.05 Å². The summed E-state index contributed by atoms with van der Waals surface area (Å²) in [6.45, 7) is 4.74. The molecule has 2 aromatic heterocycles. The van der Waals surface area contributed by atoms with Gasteiger partial charge in [-0.2, -0.15) is 40.7 Å². The Bertz CT molecular complexity index is 1680. The molecule has 0 N–H and O–H groups in total. The van der Waals surface area contributed by atoms with Gasteiger partial charge in [0.2, 0.25) is 6.20 Å². The number of hydrogen-bond donors (Lipinski definition) is 0. The predicted molar refractivity (Wildman–Crippen MR) is 140 cm³/mol. The minimum atomic E-state index is -2.08. The molecule has 0 saturated heterocycles. The van der Waals surface area contributed by atoms with Crippen LogP contribution in [0, 0.1) is 12.1 Å². The Kier molecular flexibility index (Phi) is 6.02. The zero-order chi connectivity index (χ0) is 23.3. The summed E-state index contributed by atoms with van der Waals surface area (Å²) in [6.07, 6.45) is 5.84. The fourth-order valence-corrected chi connectivity index (χ4v) is 6.80. The summed E-state index contributed by atoms with van der Waals surface area (Å²) in [7, 11) is -0.106. The second-order valence-electron chi connectivity index (χ2n) is 9.13. The number of benzene rings is 3. The molecular formula is C29H24N4PtSi+2. The van der Waals surface area contributed by atoms with Crippen molar-refractivity contribution in [2.45, 2.75) is 13.1 Å². The van der Waals surface area contributed by atoms with Crippen LogP contribution in [0.2, 0.25) is 13.1 Å². The molecule has 0 bridgehead atoms. The van der Waals surface area contributed by atoms with E-state index in [0.29, 0.717) is 0 Å². The molecule has 172 valence electrons. The van der Waals surface area contributed by atoms with E-state index in [0.717, 1.165) is 22.5 Å².